The first kappa shape index (κ1) is 25.6. The molecule has 8 heteroatoms. The van der Waals surface area contributed by atoms with E-state index in [1.54, 1.807) is 13.3 Å². The Kier molecular flexibility index (Phi) is 8.25. The van der Waals surface area contributed by atoms with Crippen LogP contribution in [-0.4, -0.2) is 52.3 Å². The summed E-state index contributed by atoms with van der Waals surface area (Å²) < 4.78 is 5.63. The minimum Gasteiger partial charge on any atom is -0.381 e. The van der Waals surface area contributed by atoms with Gasteiger partial charge in [0.2, 0.25) is 11.8 Å². The average Bonchev–Trinajstić information content (AvgIpc) is 3.23. The number of H-pyrrole nitrogens is 1. The highest BCUT2D eigenvalue weighted by atomic mass is 16.5. The lowest BCUT2D eigenvalue weighted by atomic mass is 9.71. The van der Waals surface area contributed by atoms with E-state index in [4.69, 9.17) is 4.74 Å². The number of hydrogen-bond acceptors (Lipinski definition) is 5. The van der Waals surface area contributed by atoms with Crippen molar-refractivity contribution in [3.05, 3.63) is 47.2 Å². The first-order chi connectivity index (χ1) is 16.2. The van der Waals surface area contributed by atoms with Crippen molar-refractivity contribution < 1.29 is 19.1 Å². The second-order valence-electron chi connectivity index (χ2n) is 9.55. The zero-order chi connectivity index (χ0) is 24.9. The molecule has 1 saturated heterocycles. The molecule has 0 radical (unpaired) electrons. The molecule has 1 aromatic rings. The molecule has 1 aliphatic heterocycles. The van der Waals surface area contributed by atoms with Crippen molar-refractivity contribution in [3.8, 4) is 0 Å². The number of imidazole rings is 1. The number of aromatic amines is 1. The predicted octanol–water partition coefficient (Wildman–Crippen LogP) is 3.53. The van der Waals surface area contributed by atoms with Gasteiger partial charge in [0.25, 0.3) is 5.91 Å². The Hall–Kier alpha value is -3.00. The minimum absolute atomic E-state index is 0.0600. The fraction of sp³-hybridized carbons (Fsp3) is 0.538. The number of methoxy groups -OCH3 is 1. The monoisotopic (exact) mass is 468 g/mol. The summed E-state index contributed by atoms with van der Waals surface area (Å²) in [5.74, 6) is -0.139. The van der Waals surface area contributed by atoms with Gasteiger partial charge in [0.05, 0.1) is 18.0 Å². The summed E-state index contributed by atoms with van der Waals surface area (Å²) in [6.07, 6.45) is 14.8. The number of rotatable bonds is 9. The van der Waals surface area contributed by atoms with Crippen molar-refractivity contribution in [2.75, 3.05) is 13.7 Å². The van der Waals surface area contributed by atoms with Crippen molar-refractivity contribution in [2.45, 2.75) is 65.9 Å². The van der Waals surface area contributed by atoms with Gasteiger partial charge in [-0.05, 0) is 48.7 Å². The highest BCUT2D eigenvalue weighted by molar-refractivity contribution is 6.12. The van der Waals surface area contributed by atoms with Crippen LogP contribution in [0.4, 0.5) is 0 Å². The second-order valence-corrected chi connectivity index (χ2v) is 9.55. The van der Waals surface area contributed by atoms with E-state index in [9.17, 15) is 14.4 Å². The molecule has 0 spiro atoms. The van der Waals surface area contributed by atoms with Gasteiger partial charge in [-0.1, -0.05) is 39.0 Å². The highest BCUT2D eigenvalue weighted by Gasteiger charge is 2.33. The molecular weight excluding hydrogens is 432 g/mol. The van der Waals surface area contributed by atoms with E-state index in [-0.39, 0.29) is 23.8 Å². The first-order valence-corrected chi connectivity index (χ1v) is 12.0. The zero-order valence-corrected chi connectivity index (χ0v) is 20.8. The van der Waals surface area contributed by atoms with Gasteiger partial charge in [0.1, 0.15) is 18.1 Å². The van der Waals surface area contributed by atoms with E-state index >= 15 is 0 Å². The average molecular weight is 469 g/mol. The van der Waals surface area contributed by atoms with Crippen molar-refractivity contribution in [3.63, 3.8) is 0 Å². The van der Waals surface area contributed by atoms with Gasteiger partial charge in [-0.2, -0.15) is 0 Å². The van der Waals surface area contributed by atoms with Crippen molar-refractivity contribution in [1.29, 1.82) is 0 Å². The Morgan fingerprint density at radius 1 is 1.35 bits per heavy atom. The van der Waals surface area contributed by atoms with Crippen LogP contribution in [0, 0.1) is 11.3 Å². The predicted molar refractivity (Wildman–Crippen MR) is 130 cm³/mol. The number of nitrogens with zero attached hydrogens (tertiary/aromatic N) is 2. The molecule has 3 amide bonds. The number of nitrogens with one attached hydrogen (secondary N) is 2. The molecule has 1 aliphatic carbocycles. The third-order valence-corrected chi connectivity index (χ3v) is 6.63. The smallest absolute Gasteiger partial charge is 0.277 e. The van der Waals surface area contributed by atoms with Gasteiger partial charge in [0, 0.05) is 20.5 Å². The number of hydrogen-bond donors (Lipinski definition) is 2. The molecule has 2 atom stereocenters. The Morgan fingerprint density at radius 3 is 2.76 bits per heavy atom. The van der Waals surface area contributed by atoms with Gasteiger partial charge >= 0.3 is 0 Å². The van der Waals surface area contributed by atoms with Crippen LogP contribution in [0.25, 0.3) is 6.08 Å². The summed E-state index contributed by atoms with van der Waals surface area (Å²) in [5, 5.41) is 2.56. The van der Waals surface area contributed by atoms with Crippen LogP contribution in [-0.2, 0) is 25.5 Å². The second kappa shape index (κ2) is 11.0. The standard InChI is InChI=1S/C26H36N4O4/c1-6-21(34-5)9-11-26(10-7-8-19(13-26)17(2)3)14-23-27-15-20(28-23)12-22-25(33)30(18(4)31)16-24(32)29-22/h7-8,12-13,15,17,21H,6,9-11,14,16H2,1-5H3,(H,27,28)(H,29,32)/b22-12-. The quantitative estimate of drug-likeness (QED) is 0.540. The third kappa shape index (κ3) is 6.11. The number of ether oxygens (including phenoxy) is 1. The largest absolute Gasteiger partial charge is 0.381 e. The summed E-state index contributed by atoms with van der Waals surface area (Å²) >= 11 is 0. The normalized spacial score (nSPS) is 22.8. The highest BCUT2D eigenvalue weighted by Crippen LogP contribution is 2.40. The summed E-state index contributed by atoms with van der Waals surface area (Å²) in [5.41, 5.74) is 1.90. The fourth-order valence-electron chi connectivity index (χ4n) is 4.56. The Morgan fingerprint density at radius 2 is 2.12 bits per heavy atom. The zero-order valence-electron chi connectivity index (χ0n) is 20.8. The number of aromatic nitrogens is 2. The van der Waals surface area contributed by atoms with Crippen LogP contribution in [0.1, 0.15) is 64.9 Å². The molecule has 0 aromatic carbocycles. The molecule has 34 heavy (non-hydrogen) atoms. The molecule has 184 valence electrons. The molecule has 2 aliphatic rings. The molecule has 2 heterocycles. The number of carbonyl (C=O) groups excluding carboxylic acids is 3. The molecule has 3 rings (SSSR count). The SMILES string of the molecule is CCC(CCC1(Cc2ncc(/C=C3\NC(=O)CN(C(C)=O)C3=O)[nH]2)C=C(C(C)C)C=CC1)OC. The van der Waals surface area contributed by atoms with Crippen LogP contribution in [0.2, 0.25) is 0 Å². The van der Waals surface area contributed by atoms with E-state index in [1.165, 1.54) is 18.6 Å². The van der Waals surface area contributed by atoms with E-state index in [1.807, 2.05) is 0 Å². The van der Waals surface area contributed by atoms with Crippen LogP contribution in [0.15, 0.2) is 35.7 Å². The first-order valence-electron chi connectivity index (χ1n) is 12.0. The van der Waals surface area contributed by atoms with Crippen LogP contribution >= 0.6 is 0 Å². The van der Waals surface area contributed by atoms with Gasteiger partial charge in [0.15, 0.2) is 0 Å². The lowest BCUT2D eigenvalue weighted by Gasteiger charge is -2.34. The molecular formula is C26H36N4O4. The Labute approximate surface area is 201 Å². The van der Waals surface area contributed by atoms with E-state index in [0.717, 1.165) is 42.8 Å². The van der Waals surface area contributed by atoms with E-state index in [2.05, 4.69) is 54.3 Å². The van der Waals surface area contributed by atoms with Gasteiger partial charge in [-0.25, -0.2) is 4.98 Å². The van der Waals surface area contributed by atoms with Crippen molar-refractivity contribution in [1.82, 2.24) is 20.2 Å². The number of piperazine rings is 1. The lowest BCUT2D eigenvalue weighted by Crippen LogP contribution is -2.51. The minimum atomic E-state index is -0.521. The molecule has 0 saturated carbocycles. The van der Waals surface area contributed by atoms with Crippen LogP contribution < -0.4 is 5.32 Å². The molecule has 8 nitrogen and oxygen atoms in total. The third-order valence-electron chi connectivity index (χ3n) is 6.63. The summed E-state index contributed by atoms with van der Waals surface area (Å²) in [6.45, 7) is 7.55. The van der Waals surface area contributed by atoms with Crippen molar-refractivity contribution >= 4 is 23.8 Å². The molecule has 1 aromatic heterocycles. The van der Waals surface area contributed by atoms with Gasteiger partial charge in [-0.15, -0.1) is 0 Å². The van der Waals surface area contributed by atoms with Crippen LogP contribution in [0.5, 0.6) is 0 Å². The maximum absolute atomic E-state index is 12.6. The maximum atomic E-state index is 12.6. The summed E-state index contributed by atoms with van der Waals surface area (Å²) in [7, 11) is 1.77. The molecule has 2 N–H and O–H groups in total. The van der Waals surface area contributed by atoms with Gasteiger partial charge in [-0.3, -0.25) is 19.3 Å². The number of allylic oxidation sites excluding steroid dienone is 4. The number of imide groups is 1. The molecule has 2 unspecified atom stereocenters. The Balaban J connectivity index is 1.83. The van der Waals surface area contributed by atoms with Gasteiger partial charge < -0.3 is 15.0 Å². The number of amides is 3. The molecule has 0 bridgehead atoms. The summed E-state index contributed by atoms with van der Waals surface area (Å²) in [6, 6.07) is 0. The van der Waals surface area contributed by atoms with E-state index < -0.39 is 17.7 Å². The summed E-state index contributed by atoms with van der Waals surface area (Å²) in [4.78, 5) is 45.0. The molecule has 1 fully saturated rings. The number of carbonyl (C=O) groups is 3. The van der Waals surface area contributed by atoms with E-state index in [0.29, 0.717) is 11.6 Å². The van der Waals surface area contributed by atoms with Crippen LogP contribution in [0.3, 0.4) is 0 Å². The lowest BCUT2D eigenvalue weighted by molar-refractivity contribution is -0.147. The van der Waals surface area contributed by atoms with Crippen molar-refractivity contribution in [2.24, 2.45) is 11.3 Å². The fourth-order valence-corrected chi connectivity index (χ4v) is 4.56. The Bertz CT molecular complexity index is 1020. The topological polar surface area (TPSA) is 104 Å². The maximum Gasteiger partial charge on any atom is 0.277 e.